The van der Waals surface area contributed by atoms with Crippen molar-refractivity contribution in [1.29, 1.82) is 0 Å². The molecule has 0 spiro atoms. The average Bonchev–Trinajstić information content (AvgIpc) is 0.722. The monoisotopic (exact) mass is 362 g/mol. The summed E-state index contributed by atoms with van der Waals surface area (Å²) >= 11 is 0. The summed E-state index contributed by atoms with van der Waals surface area (Å²) in [5.41, 5.74) is 0. The predicted molar refractivity (Wildman–Crippen MR) is 41.1 cm³/mol. The zero-order valence-electron chi connectivity index (χ0n) is 6.05. The van der Waals surface area contributed by atoms with Crippen molar-refractivity contribution in [2.75, 3.05) is 0 Å². The van der Waals surface area contributed by atoms with Crippen LogP contribution in [-0.2, 0) is 0 Å². The first kappa shape index (κ1) is 125. The van der Waals surface area contributed by atoms with Gasteiger partial charge in [-0.25, -0.2) is 0 Å². The molecule has 0 unspecified atom stereocenters. The van der Waals surface area contributed by atoms with Crippen molar-refractivity contribution < 1.29 is 72.7 Å². The van der Waals surface area contributed by atoms with Crippen molar-refractivity contribution in [1.82, 2.24) is 0 Å². The second-order valence-corrected chi connectivity index (χ2v) is 1.19. The Morgan fingerprint density at radius 1 is 0.571 bits per heavy atom. The molecular formula is H20ClInO12. The molecule has 0 aromatic rings. The van der Waals surface area contributed by atoms with Gasteiger partial charge in [0.1, 0.15) is 0 Å². The molecule has 0 radical (unpaired) electrons. The van der Waals surface area contributed by atoms with Crippen molar-refractivity contribution in [3.63, 3.8) is 0 Å². The Morgan fingerprint density at radius 2 is 0.571 bits per heavy atom. The minimum atomic E-state index is -4.69. The van der Waals surface area contributed by atoms with Crippen LogP contribution in [0.4, 0.5) is 0 Å². The number of hydrogen-bond acceptors (Lipinski definition) is 4. The van der Waals surface area contributed by atoms with Gasteiger partial charge in [0.15, 0.2) is 0 Å². The van der Waals surface area contributed by atoms with Gasteiger partial charge in [-0.15, -0.1) is 0 Å². The van der Waals surface area contributed by atoms with E-state index in [1.807, 2.05) is 0 Å². The van der Waals surface area contributed by atoms with Gasteiger partial charge in [0.2, 0.25) is 0 Å². The first-order valence-corrected chi connectivity index (χ1v) is 1.90. The molecule has 12 nitrogen and oxygen atoms in total. The topological polar surface area (TPSA) is 341 Å². The molecule has 17 N–H and O–H groups in total. The van der Waals surface area contributed by atoms with E-state index in [9.17, 15) is 0 Å². The fourth-order valence-electron chi connectivity index (χ4n) is 0. The fourth-order valence-corrected chi connectivity index (χ4v) is 0. The van der Waals surface area contributed by atoms with Crippen LogP contribution in [0.25, 0.3) is 0 Å². The summed E-state index contributed by atoms with van der Waals surface area (Å²) in [5.74, 6) is 0. The molecule has 0 saturated heterocycles. The minimum absolute atomic E-state index is 0. The maximum atomic E-state index is 8.60. The van der Waals surface area contributed by atoms with Crippen LogP contribution < -0.4 is 14.0 Å². The number of hydrogen-bond donors (Lipinski definition) is 1. The van der Waals surface area contributed by atoms with E-state index in [1.54, 1.807) is 0 Å². The summed E-state index contributed by atoms with van der Waals surface area (Å²) in [7, 11) is -4.69. The largest absolute Gasteiger partial charge is 0.183 e. The second-order valence-electron chi connectivity index (χ2n) is 0.396. The van der Waals surface area contributed by atoms with E-state index in [0.29, 0.717) is 0 Å². The molecule has 0 bridgehead atoms. The molecule has 0 atom stereocenters. The molecule has 0 amide bonds. The minimum Gasteiger partial charge on any atom is -0.183 e. The van der Waals surface area contributed by atoms with Gasteiger partial charge in [-0.3, -0.25) is 0 Å². The number of rotatable bonds is 0. The summed E-state index contributed by atoms with van der Waals surface area (Å²) in [4.78, 5) is 0. The first-order chi connectivity index (χ1) is 2.00. The Morgan fingerprint density at radius 3 is 0.571 bits per heavy atom. The second kappa shape index (κ2) is 49.3. The van der Waals surface area contributed by atoms with E-state index in [1.165, 1.54) is 0 Å². The molecule has 0 fully saturated rings. The molecule has 102 valence electrons. The predicted octanol–water partition coefficient (Wildman–Crippen LogP) is -11.9. The van der Waals surface area contributed by atoms with Crippen molar-refractivity contribution in [3.8, 4) is 0 Å². The smallest absolute Gasteiger partial charge is 0.0777 e. The van der Waals surface area contributed by atoms with Crippen molar-refractivity contribution in [2.24, 2.45) is 0 Å². The van der Waals surface area contributed by atoms with Crippen molar-refractivity contribution in [2.45, 2.75) is 0 Å². The Kier molecular flexibility index (Phi) is 442. The van der Waals surface area contributed by atoms with Gasteiger partial charge in [-0.05, 0) is 0 Å². The van der Waals surface area contributed by atoms with Crippen LogP contribution in [0.2, 0.25) is 0 Å². The van der Waals surface area contributed by atoms with Crippen molar-refractivity contribution in [3.05, 3.63) is 0 Å². The van der Waals surface area contributed by atoms with Crippen molar-refractivity contribution >= 4 is 25.8 Å². The Labute approximate surface area is 98.8 Å². The maximum Gasteiger partial charge on any atom is 0.0777 e. The standard InChI is InChI=1S/ClHO4.In.8H2O.3H/c2-1(3,4)5;;;;;;;;;;;;/h(H,2,3,4,5);;8*1H2;;;. The molecular weight excluding hydrogens is 342 g/mol. The SMILES string of the molecule is O.O.O.O.O.O.O.O.[InH3].[O-][Cl+3]([O-])([O-])O. The maximum absolute atomic E-state index is 8.60. The zero-order chi connectivity index (χ0) is 4.50. The molecule has 0 heterocycles. The molecule has 0 aromatic carbocycles. The van der Waals surface area contributed by atoms with Gasteiger partial charge in [0, 0.05) is 0 Å². The third kappa shape index (κ3) is 3740. The summed E-state index contributed by atoms with van der Waals surface area (Å²) in [6.07, 6.45) is 0. The number of halogens is 1. The van der Waals surface area contributed by atoms with Crippen LogP contribution in [0.5, 0.6) is 0 Å². The van der Waals surface area contributed by atoms with Gasteiger partial charge >= 0.3 is 25.8 Å². The molecule has 0 saturated carbocycles. The van der Waals surface area contributed by atoms with Gasteiger partial charge < -0.3 is 43.8 Å². The molecule has 14 heteroatoms. The van der Waals surface area contributed by atoms with E-state index in [4.69, 9.17) is 18.6 Å². The summed E-state index contributed by atoms with van der Waals surface area (Å²) in [5, 5.41) is 0. The van der Waals surface area contributed by atoms with Crippen LogP contribution in [0.3, 0.4) is 0 Å². The van der Waals surface area contributed by atoms with Crippen LogP contribution in [-0.4, -0.2) is 74.3 Å². The van der Waals surface area contributed by atoms with Gasteiger partial charge in [0.05, 0.1) is 14.9 Å². The van der Waals surface area contributed by atoms with Crippen LogP contribution in [0.15, 0.2) is 0 Å². The quantitative estimate of drug-likeness (QED) is 0.438. The normalized spacial score (nSPS) is 4.29. The summed E-state index contributed by atoms with van der Waals surface area (Å²) in [6, 6.07) is 0. The zero-order valence-corrected chi connectivity index (χ0v) is 6.81. The van der Waals surface area contributed by atoms with Crippen LogP contribution in [0.1, 0.15) is 0 Å². The molecule has 0 aliphatic heterocycles. The Balaban J connectivity index is -0.00000000222. The Bertz CT molecular complexity index is 25.8. The third-order valence-corrected chi connectivity index (χ3v) is 0. The van der Waals surface area contributed by atoms with Gasteiger partial charge in [-0.2, -0.15) is 14.0 Å². The van der Waals surface area contributed by atoms with E-state index in [2.05, 4.69) is 0 Å². The van der Waals surface area contributed by atoms with E-state index >= 15 is 0 Å². The van der Waals surface area contributed by atoms with E-state index in [-0.39, 0.29) is 69.7 Å². The van der Waals surface area contributed by atoms with E-state index in [0.717, 1.165) is 0 Å². The van der Waals surface area contributed by atoms with E-state index < -0.39 is 10.2 Å². The third-order valence-electron chi connectivity index (χ3n) is 0. The van der Waals surface area contributed by atoms with Gasteiger partial charge in [-0.1, -0.05) is 0 Å². The molecule has 14 heavy (non-hydrogen) atoms. The molecule has 0 rings (SSSR count). The van der Waals surface area contributed by atoms with Crippen LogP contribution >= 0.6 is 0 Å². The first-order valence-electron chi connectivity index (χ1n) is 0.632. The summed E-state index contributed by atoms with van der Waals surface area (Å²) < 4.78 is 32.7. The molecule has 0 aromatic heterocycles. The van der Waals surface area contributed by atoms with Crippen LogP contribution in [0, 0.1) is 10.2 Å². The fraction of sp³-hybridized carbons (Fsp3) is 0. The molecule has 0 aliphatic carbocycles. The molecule has 0 aliphatic rings. The van der Waals surface area contributed by atoms with Gasteiger partial charge in [0.25, 0.3) is 0 Å². The summed E-state index contributed by atoms with van der Waals surface area (Å²) in [6.45, 7) is 0. The Hall–Kier alpha value is 0.680. The average molecular weight is 362 g/mol.